The molecule has 1 unspecified atom stereocenters. The number of halogens is 1. The minimum atomic E-state index is 0.264. The number of benzene rings is 1. The maximum Gasteiger partial charge on any atom is 0.0374 e. The summed E-state index contributed by atoms with van der Waals surface area (Å²) < 4.78 is 1.21. The fourth-order valence-corrected chi connectivity index (χ4v) is 2.87. The Labute approximate surface area is 127 Å². The van der Waals surface area contributed by atoms with Crippen LogP contribution in [-0.4, -0.2) is 6.54 Å². The minimum absolute atomic E-state index is 0.264. The number of rotatable bonds is 6. The standard InChI is InChI=1S/C17H28BrN/c1-7-9-19-16(17(5,6)8-2)14-10-13(4)15(18)11-12(14)3/h10-11,16,19H,7-9H2,1-6H3. The molecule has 1 atom stereocenters. The van der Waals surface area contributed by atoms with Gasteiger partial charge in [0.25, 0.3) is 0 Å². The normalized spacial score (nSPS) is 13.6. The molecule has 0 heterocycles. The predicted molar refractivity (Wildman–Crippen MR) is 88.7 cm³/mol. The van der Waals surface area contributed by atoms with Crippen molar-refractivity contribution in [1.29, 1.82) is 0 Å². The third-order valence-corrected chi connectivity index (χ3v) is 5.00. The molecule has 0 aliphatic rings. The van der Waals surface area contributed by atoms with Gasteiger partial charge in [0.15, 0.2) is 0 Å². The highest BCUT2D eigenvalue weighted by Gasteiger charge is 2.29. The molecule has 1 rings (SSSR count). The molecule has 1 nitrogen and oxygen atoms in total. The molecule has 0 amide bonds. The Bertz CT molecular complexity index is 424. The summed E-state index contributed by atoms with van der Waals surface area (Å²) in [5, 5.41) is 3.75. The molecule has 0 aromatic heterocycles. The summed E-state index contributed by atoms with van der Waals surface area (Å²) in [4.78, 5) is 0. The van der Waals surface area contributed by atoms with Crippen molar-refractivity contribution in [3.05, 3.63) is 33.3 Å². The zero-order valence-corrected chi connectivity index (χ0v) is 14.8. The van der Waals surface area contributed by atoms with Gasteiger partial charge in [0.2, 0.25) is 0 Å². The molecule has 108 valence electrons. The van der Waals surface area contributed by atoms with Crippen LogP contribution < -0.4 is 5.32 Å². The lowest BCUT2D eigenvalue weighted by Gasteiger charge is -2.36. The van der Waals surface area contributed by atoms with Crippen molar-refractivity contribution in [3.8, 4) is 0 Å². The first-order chi connectivity index (χ1) is 8.83. The van der Waals surface area contributed by atoms with E-state index in [0.29, 0.717) is 6.04 Å². The molecule has 0 radical (unpaired) electrons. The summed E-state index contributed by atoms with van der Waals surface area (Å²) in [7, 11) is 0. The van der Waals surface area contributed by atoms with E-state index in [9.17, 15) is 0 Å². The molecule has 0 aliphatic heterocycles. The highest BCUT2D eigenvalue weighted by atomic mass is 79.9. The van der Waals surface area contributed by atoms with Crippen LogP contribution in [0.15, 0.2) is 16.6 Å². The smallest absolute Gasteiger partial charge is 0.0374 e. The van der Waals surface area contributed by atoms with Gasteiger partial charge in [-0.05, 0) is 61.4 Å². The Morgan fingerprint density at radius 2 is 1.79 bits per heavy atom. The van der Waals surface area contributed by atoms with E-state index in [2.05, 4.69) is 74.9 Å². The van der Waals surface area contributed by atoms with Gasteiger partial charge >= 0.3 is 0 Å². The number of hydrogen-bond donors (Lipinski definition) is 1. The molecule has 0 aliphatic carbocycles. The second-order valence-corrected chi connectivity index (χ2v) is 7.04. The van der Waals surface area contributed by atoms with Crippen molar-refractivity contribution in [2.45, 2.75) is 60.4 Å². The molecule has 1 N–H and O–H groups in total. The third kappa shape index (κ3) is 4.06. The zero-order chi connectivity index (χ0) is 14.6. The van der Waals surface area contributed by atoms with Crippen LogP contribution in [0, 0.1) is 19.3 Å². The zero-order valence-electron chi connectivity index (χ0n) is 13.2. The summed E-state index contributed by atoms with van der Waals surface area (Å²) in [5.74, 6) is 0. The minimum Gasteiger partial charge on any atom is -0.309 e. The van der Waals surface area contributed by atoms with Crippen molar-refractivity contribution in [1.82, 2.24) is 5.32 Å². The van der Waals surface area contributed by atoms with Gasteiger partial charge in [-0.15, -0.1) is 0 Å². The van der Waals surface area contributed by atoms with Crippen molar-refractivity contribution >= 4 is 15.9 Å². The average Bonchev–Trinajstić information content (AvgIpc) is 2.35. The Morgan fingerprint density at radius 3 is 2.32 bits per heavy atom. The Kier molecular flexibility index (Phi) is 6.07. The monoisotopic (exact) mass is 325 g/mol. The van der Waals surface area contributed by atoms with Gasteiger partial charge in [0.1, 0.15) is 0 Å². The molecule has 1 aromatic carbocycles. The Morgan fingerprint density at radius 1 is 1.16 bits per heavy atom. The summed E-state index contributed by atoms with van der Waals surface area (Å²) in [5.41, 5.74) is 4.39. The van der Waals surface area contributed by atoms with E-state index in [4.69, 9.17) is 0 Å². The molecule has 19 heavy (non-hydrogen) atoms. The van der Waals surface area contributed by atoms with Crippen LogP contribution in [0.1, 0.15) is 63.3 Å². The highest BCUT2D eigenvalue weighted by molar-refractivity contribution is 9.10. The highest BCUT2D eigenvalue weighted by Crippen LogP contribution is 2.38. The predicted octanol–water partition coefficient (Wildman–Crippen LogP) is 5.54. The van der Waals surface area contributed by atoms with Gasteiger partial charge in [0, 0.05) is 10.5 Å². The fraction of sp³-hybridized carbons (Fsp3) is 0.647. The van der Waals surface area contributed by atoms with Crippen LogP contribution in [0.25, 0.3) is 0 Å². The summed E-state index contributed by atoms with van der Waals surface area (Å²) in [6.07, 6.45) is 2.34. The van der Waals surface area contributed by atoms with Gasteiger partial charge in [-0.2, -0.15) is 0 Å². The molecule has 0 fully saturated rings. The molecule has 2 heteroatoms. The SMILES string of the molecule is CCCNC(c1cc(C)c(Br)cc1C)C(C)(C)CC. The van der Waals surface area contributed by atoms with E-state index in [1.54, 1.807) is 0 Å². The summed E-state index contributed by atoms with van der Waals surface area (Å²) in [6, 6.07) is 5.01. The van der Waals surface area contributed by atoms with E-state index in [1.807, 2.05) is 0 Å². The lowest BCUT2D eigenvalue weighted by atomic mass is 9.77. The number of nitrogens with one attached hydrogen (secondary N) is 1. The molecule has 0 spiro atoms. The number of aryl methyl sites for hydroxylation is 2. The molecule has 0 bridgehead atoms. The van der Waals surface area contributed by atoms with E-state index in [-0.39, 0.29) is 5.41 Å². The van der Waals surface area contributed by atoms with Gasteiger partial charge in [-0.3, -0.25) is 0 Å². The lowest BCUT2D eigenvalue weighted by molar-refractivity contribution is 0.234. The Hall–Kier alpha value is -0.340. The van der Waals surface area contributed by atoms with Crippen molar-refractivity contribution in [2.24, 2.45) is 5.41 Å². The molecule has 0 saturated heterocycles. The van der Waals surface area contributed by atoms with Gasteiger partial charge in [0.05, 0.1) is 0 Å². The van der Waals surface area contributed by atoms with Crippen LogP contribution in [-0.2, 0) is 0 Å². The summed E-state index contributed by atoms with van der Waals surface area (Å²) in [6.45, 7) is 14.7. The first-order valence-electron chi connectivity index (χ1n) is 7.33. The molecule has 0 saturated carbocycles. The van der Waals surface area contributed by atoms with Crippen LogP contribution in [0.2, 0.25) is 0 Å². The second-order valence-electron chi connectivity index (χ2n) is 6.19. The van der Waals surface area contributed by atoms with Crippen LogP contribution >= 0.6 is 15.9 Å². The maximum atomic E-state index is 3.75. The lowest BCUT2D eigenvalue weighted by Crippen LogP contribution is -2.35. The van der Waals surface area contributed by atoms with Crippen LogP contribution in [0.4, 0.5) is 0 Å². The summed E-state index contributed by atoms with van der Waals surface area (Å²) >= 11 is 3.63. The first kappa shape index (κ1) is 16.7. The topological polar surface area (TPSA) is 12.0 Å². The third-order valence-electron chi connectivity index (χ3n) is 4.15. The average molecular weight is 326 g/mol. The second kappa shape index (κ2) is 6.90. The van der Waals surface area contributed by atoms with Crippen molar-refractivity contribution in [2.75, 3.05) is 6.54 Å². The molecular formula is C17H28BrN. The van der Waals surface area contributed by atoms with Crippen molar-refractivity contribution < 1.29 is 0 Å². The van der Waals surface area contributed by atoms with Gasteiger partial charge in [-0.25, -0.2) is 0 Å². The quantitative estimate of drug-likeness (QED) is 0.723. The maximum absolute atomic E-state index is 3.75. The van der Waals surface area contributed by atoms with Crippen molar-refractivity contribution in [3.63, 3.8) is 0 Å². The van der Waals surface area contributed by atoms with E-state index in [0.717, 1.165) is 6.54 Å². The Balaban J connectivity index is 3.21. The first-order valence-corrected chi connectivity index (χ1v) is 8.12. The number of hydrogen-bond acceptors (Lipinski definition) is 1. The molecule has 1 aromatic rings. The van der Waals surface area contributed by atoms with E-state index >= 15 is 0 Å². The van der Waals surface area contributed by atoms with Crippen LogP contribution in [0.3, 0.4) is 0 Å². The largest absolute Gasteiger partial charge is 0.309 e. The van der Waals surface area contributed by atoms with Crippen LogP contribution in [0.5, 0.6) is 0 Å². The van der Waals surface area contributed by atoms with Gasteiger partial charge in [-0.1, -0.05) is 49.7 Å². The van der Waals surface area contributed by atoms with E-state index < -0.39 is 0 Å². The molecular weight excluding hydrogens is 298 g/mol. The van der Waals surface area contributed by atoms with E-state index in [1.165, 1.54) is 34.0 Å². The fourth-order valence-electron chi connectivity index (χ4n) is 2.41. The van der Waals surface area contributed by atoms with Gasteiger partial charge < -0.3 is 5.32 Å².